The van der Waals surface area contributed by atoms with E-state index in [2.05, 4.69) is 54.4 Å². The third-order valence-electron chi connectivity index (χ3n) is 3.24. The predicted octanol–water partition coefficient (Wildman–Crippen LogP) is 1.81. The van der Waals surface area contributed by atoms with Gasteiger partial charge >= 0.3 is 0 Å². The van der Waals surface area contributed by atoms with Gasteiger partial charge in [-0.15, -0.1) is 0 Å². The second kappa shape index (κ2) is 10.5. The lowest BCUT2D eigenvalue weighted by Crippen LogP contribution is -2.34. The molecule has 134 valence electrons. The number of aliphatic imine (C=N–C) groups is 2. The van der Waals surface area contributed by atoms with E-state index in [1.807, 2.05) is 18.2 Å². The van der Waals surface area contributed by atoms with Crippen molar-refractivity contribution in [2.45, 2.75) is 40.8 Å². The second-order valence-corrected chi connectivity index (χ2v) is 6.77. The summed E-state index contributed by atoms with van der Waals surface area (Å²) in [5.74, 6) is 2.04. The van der Waals surface area contributed by atoms with Gasteiger partial charge in [0.15, 0.2) is 11.9 Å². The SMILES string of the molecule is CC(C)CNC(N)=NCc1cccc(CN=C(N)NCC(C)C)c1. The molecule has 24 heavy (non-hydrogen) atoms. The molecular formula is C18H32N6. The Morgan fingerprint density at radius 1 is 0.875 bits per heavy atom. The molecule has 0 atom stereocenters. The van der Waals surface area contributed by atoms with Crippen molar-refractivity contribution in [2.75, 3.05) is 13.1 Å². The van der Waals surface area contributed by atoms with Gasteiger partial charge in [0, 0.05) is 13.1 Å². The molecule has 0 aliphatic carbocycles. The fourth-order valence-corrected chi connectivity index (χ4v) is 1.91. The van der Waals surface area contributed by atoms with E-state index in [1.54, 1.807) is 0 Å². The lowest BCUT2D eigenvalue weighted by atomic mass is 10.1. The molecule has 0 aromatic heterocycles. The normalized spacial score (nSPS) is 12.8. The molecule has 1 aromatic rings. The summed E-state index contributed by atoms with van der Waals surface area (Å²) in [4.78, 5) is 8.72. The summed E-state index contributed by atoms with van der Waals surface area (Å²) >= 11 is 0. The molecule has 0 aliphatic rings. The van der Waals surface area contributed by atoms with Crippen LogP contribution in [0, 0.1) is 11.8 Å². The van der Waals surface area contributed by atoms with E-state index < -0.39 is 0 Å². The molecule has 0 saturated carbocycles. The standard InChI is InChI=1S/C18H32N6/c1-13(2)9-21-17(19)23-11-15-6-5-7-16(8-15)12-24-18(20)22-10-14(3)4/h5-8,13-14H,9-12H2,1-4H3,(H3,19,21,23)(H3,20,22,24). The number of hydrogen-bond acceptors (Lipinski definition) is 2. The second-order valence-electron chi connectivity index (χ2n) is 6.77. The summed E-state index contributed by atoms with van der Waals surface area (Å²) in [6.07, 6.45) is 0. The highest BCUT2D eigenvalue weighted by molar-refractivity contribution is 5.78. The van der Waals surface area contributed by atoms with E-state index in [4.69, 9.17) is 11.5 Å². The maximum Gasteiger partial charge on any atom is 0.188 e. The lowest BCUT2D eigenvalue weighted by molar-refractivity contribution is 0.621. The van der Waals surface area contributed by atoms with Crippen LogP contribution in [0.1, 0.15) is 38.8 Å². The van der Waals surface area contributed by atoms with Gasteiger partial charge < -0.3 is 22.1 Å². The first-order valence-corrected chi connectivity index (χ1v) is 8.52. The minimum atomic E-state index is 0.481. The maximum absolute atomic E-state index is 5.86. The lowest BCUT2D eigenvalue weighted by Gasteiger charge is -2.09. The van der Waals surface area contributed by atoms with Crippen molar-refractivity contribution < 1.29 is 0 Å². The Morgan fingerprint density at radius 2 is 1.29 bits per heavy atom. The molecule has 6 nitrogen and oxygen atoms in total. The van der Waals surface area contributed by atoms with E-state index >= 15 is 0 Å². The summed E-state index contributed by atoms with van der Waals surface area (Å²) in [5, 5.41) is 6.22. The van der Waals surface area contributed by atoms with Crippen molar-refractivity contribution >= 4 is 11.9 Å². The molecular weight excluding hydrogens is 300 g/mol. The van der Waals surface area contributed by atoms with E-state index in [9.17, 15) is 0 Å². The third kappa shape index (κ3) is 9.02. The highest BCUT2D eigenvalue weighted by Gasteiger charge is 1.99. The molecule has 0 heterocycles. The summed E-state index contributed by atoms with van der Waals surface area (Å²) < 4.78 is 0. The molecule has 0 aliphatic heterocycles. The van der Waals surface area contributed by atoms with Crippen molar-refractivity contribution in [1.29, 1.82) is 0 Å². The van der Waals surface area contributed by atoms with Gasteiger partial charge in [-0.05, 0) is 23.0 Å². The van der Waals surface area contributed by atoms with Gasteiger partial charge in [0.1, 0.15) is 0 Å². The first-order chi connectivity index (χ1) is 11.4. The monoisotopic (exact) mass is 332 g/mol. The van der Waals surface area contributed by atoms with E-state index in [1.165, 1.54) is 0 Å². The third-order valence-corrected chi connectivity index (χ3v) is 3.24. The molecule has 0 bridgehead atoms. The molecule has 0 spiro atoms. The Balaban J connectivity index is 2.54. The van der Waals surface area contributed by atoms with Crippen LogP contribution in [0.4, 0.5) is 0 Å². The molecule has 0 radical (unpaired) electrons. The van der Waals surface area contributed by atoms with E-state index in [0.717, 1.165) is 24.2 Å². The van der Waals surface area contributed by atoms with E-state index in [0.29, 0.717) is 36.8 Å². The van der Waals surface area contributed by atoms with Gasteiger partial charge in [0.2, 0.25) is 0 Å². The highest BCUT2D eigenvalue weighted by atomic mass is 15.1. The summed E-state index contributed by atoms with van der Waals surface area (Å²) in [5.41, 5.74) is 13.9. The molecule has 1 rings (SSSR count). The van der Waals surface area contributed by atoms with Gasteiger partial charge in [-0.1, -0.05) is 52.0 Å². The Morgan fingerprint density at radius 3 is 1.67 bits per heavy atom. The number of hydrogen-bond donors (Lipinski definition) is 4. The molecule has 0 saturated heterocycles. The van der Waals surface area contributed by atoms with Crippen molar-refractivity contribution in [3.63, 3.8) is 0 Å². The zero-order chi connectivity index (χ0) is 17.9. The van der Waals surface area contributed by atoms with Crippen LogP contribution in [0.2, 0.25) is 0 Å². The zero-order valence-electron chi connectivity index (χ0n) is 15.3. The van der Waals surface area contributed by atoms with Gasteiger partial charge in [-0.2, -0.15) is 0 Å². The Hall–Kier alpha value is -2.24. The Bertz CT molecular complexity index is 503. The van der Waals surface area contributed by atoms with Crippen LogP contribution in [0.3, 0.4) is 0 Å². The van der Waals surface area contributed by atoms with Crippen LogP contribution in [0.15, 0.2) is 34.3 Å². The van der Waals surface area contributed by atoms with Crippen molar-refractivity contribution in [2.24, 2.45) is 33.3 Å². The average Bonchev–Trinajstić information content (AvgIpc) is 2.54. The first-order valence-electron chi connectivity index (χ1n) is 8.52. The number of nitrogens with zero attached hydrogens (tertiary/aromatic N) is 2. The number of nitrogens with one attached hydrogen (secondary N) is 2. The van der Waals surface area contributed by atoms with Crippen molar-refractivity contribution in [3.05, 3.63) is 35.4 Å². The smallest absolute Gasteiger partial charge is 0.188 e. The molecule has 6 heteroatoms. The van der Waals surface area contributed by atoms with Crippen LogP contribution in [0.5, 0.6) is 0 Å². The Labute approximate surface area is 145 Å². The molecule has 0 unspecified atom stereocenters. The van der Waals surface area contributed by atoms with Gasteiger partial charge in [0.25, 0.3) is 0 Å². The summed E-state index contributed by atoms with van der Waals surface area (Å²) in [6.45, 7) is 11.3. The number of guanidine groups is 2. The van der Waals surface area contributed by atoms with Gasteiger partial charge in [0.05, 0.1) is 13.1 Å². The van der Waals surface area contributed by atoms with Crippen LogP contribution >= 0.6 is 0 Å². The molecule has 0 amide bonds. The first kappa shape index (κ1) is 19.8. The number of rotatable bonds is 8. The fourth-order valence-electron chi connectivity index (χ4n) is 1.91. The minimum absolute atomic E-state index is 0.481. The van der Waals surface area contributed by atoms with Crippen LogP contribution in [0.25, 0.3) is 0 Å². The topological polar surface area (TPSA) is 101 Å². The quantitative estimate of drug-likeness (QED) is 0.431. The average molecular weight is 332 g/mol. The fraction of sp³-hybridized carbons (Fsp3) is 0.556. The van der Waals surface area contributed by atoms with Crippen LogP contribution in [-0.2, 0) is 13.1 Å². The molecule has 0 fully saturated rings. The molecule has 1 aromatic carbocycles. The van der Waals surface area contributed by atoms with Crippen molar-refractivity contribution in [3.8, 4) is 0 Å². The number of benzene rings is 1. The number of nitrogens with two attached hydrogens (primary N) is 2. The summed E-state index contributed by atoms with van der Waals surface area (Å²) in [6, 6.07) is 8.16. The van der Waals surface area contributed by atoms with Crippen LogP contribution < -0.4 is 22.1 Å². The Kier molecular flexibility index (Phi) is 8.68. The summed E-state index contributed by atoms with van der Waals surface area (Å²) in [7, 11) is 0. The van der Waals surface area contributed by atoms with Gasteiger partial charge in [-0.25, -0.2) is 9.98 Å². The van der Waals surface area contributed by atoms with Gasteiger partial charge in [-0.3, -0.25) is 0 Å². The zero-order valence-corrected chi connectivity index (χ0v) is 15.3. The predicted molar refractivity (Wildman–Crippen MR) is 103 cm³/mol. The minimum Gasteiger partial charge on any atom is -0.370 e. The largest absolute Gasteiger partial charge is 0.370 e. The molecule has 6 N–H and O–H groups in total. The van der Waals surface area contributed by atoms with Crippen LogP contribution in [-0.4, -0.2) is 25.0 Å². The van der Waals surface area contributed by atoms with Crippen molar-refractivity contribution in [1.82, 2.24) is 10.6 Å². The maximum atomic E-state index is 5.86. The van der Waals surface area contributed by atoms with E-state index in [-0.39, 0.29) is 0 Å². The highest BCUT2D eigenvalue weighted by Crippen LogP contribution is 2.08.